The topological polar surface area (TPSA) is 87.6 Å². The lowest BCUT2D eigenvalue weighted by Gasteiger charge is -2.35. The van der Waals surface area contributed by atoms with Crippen molar-refractivity contribution in [1.82, 2.24) is 9.88 Å². The minimum absolute atomic E-state index is 0.233. The number of hydrogen-bond acceptors (Lipinski definition) is 4. The van der Waals surface area contributed by atoms with Crippen LogP contribution in [0.1, 0.15) is 47.9 Å². The highest BCUT2D eigenvalue weighted by atomic mass is 16.4. The summed E-state index contributed by atoms with van der Waals surface area (Å²) in [7, 11) is 0. The number of rotatable bonds is 3. The van der Waals surface area contributed by atoms with Gasteiger partial charge in [0.15, 0.2) is 0 Å². The number of carboxylic acids is 1. The maximum absolute atomic E-state index is 12.4. The number of imide groups is 1. The third kappa shape index (κ3) is 2.29. The van der Waals surface area contributed by atoms with Crippen LogP contribution in [0.3, 0.4) is 0 Å². The number of hydrogen-bond donors (Lipinski definition) is 1. The van der Waals surface area contributed by atoms with Crippen molar-refractivity contribution >= 4 is 17.8 Å². The molecular weight excluding hydrogens is 260 g/mol. The van der Waals surface area contributed by atoms with E-state index in [4.69, 9.17) is 5.11 Å². The van der Waals surface area contributed by atoms with E-state index in [0.717, 1.165) is 4.90 Å². The highest BCUT2D eigenvalue weighted by molar-refractivity contribution is 6.21. The predicted octanol–water partition coefficient (Wildman–Crippen LogP) is 1.57. The molecule has 1 aliphatic heterocycles. The SMILES string of the molecule is CC(C)(C)C(CC(=O)O)N1C(=O)c2ccncc2C1=O. The second-order valence-electron chi connectivity index (χ2n) is 5.88. The quantitative estimate of drug-likeness (QED) is 0.846. The molecule has 0 radical (unpaired) electrons. The number of aliphatic carboxylic acids is 1. The van der Waals surface area contributed by atoms with E-state index in [1.807, 2.05) is 20.8 Å². The molecule has 2 heterocycles. The lowest BCUT2D eigenvalue weighted by atomic mass is 9.83. The number of carbonyl (C=O) groups is 3. The summed E-state index contributed by atoms with van der Waals surface area (Å²) in [6.07, 6.45) is 2.51. The zero-order valence-electron chi connectivity index (χ0n) is 11.6. The highest BCUT2D eigenvalue weighted by Gasteiger charge is 2.44. The van der Waals surface area contributed by atoms with Gasteiger partial charge >= 0.3 is 5.97 Å². The summed E-state index contributed by atoms with van der Waals surface area (Å²) >= 11 is 0. The van der Waals surface area contributed by atoms with Gasteiger partial charge in [-0.3, -0.25) is 24.3 Å². The predicted molar refractivity (Wildman–Crippen MR) is 70.2 cm³/mol. The van der Waals surface area contributed by atoms with E-state index in [1.165, 1.54) is 18.5 Å². The number of carboxylic acid groups (broad SMARTS) is 1. The lowest BCUT2D eigenvalue weighted by Crippen LogP contribution is -2.48. The van der Waals surface area contributed by atoms with Crippen LogP contribution in [0.4, 0.5) is 0 Å². The molecule has 0 saturated heterocycles. The third-order valence-electron chi connectivity index (χ3n) is 3.40. The van der Waals surface area contributed by atoms with E-state index >= 15 is 0 Å². The fraction of sp³-hybridized carbons (Fsp3) is 0.429. The summed E-state index contributed by atoms with van der Waals surface area (Å²) in [6.45, 7) is 5.42. The van der Waals surface area contributed by atoms with Gasteiger partial charge in [-0.05, 0) is 11.5 Å². The van der Waals surface area contributed by atoms with E-state index in [2.05, 4.69) is 4.98 Å². The van der Waals surface area contributed by atoms with Gasteiger partial charge in [0.2, 0.25) is 0 Å². The summed E-state index contributed by atoms with van der Waals surface area (Å²) in [5.74, 6) is -1.97. The smallest absolute Gasteiger partial charge is 0.305 e. The van der Waals surface area contributed by atoms with Crippen molar-refractivity contribution < 1.29 is 19.5 Å². The molecule has 0 aromatic carbocycles. The fourth-order valence-corrected chi connectivity index (χ4v) is 2.34. The molecule has 0 aliphatic carbocycles. The van der Waals surface area contributed by atoms with E-state index in [9.17, 15) is 14.4 Å². The summed E-state index contributed by atoms with van der Waals surface area (Å²) in [6, 6.07) is 0.781. The van der Waals surface area contributed by atoms with Crippen LogP contribution in [0.2, 0.25) is 0 Å². The van der Waals surface area contributed by atoms with Crippen molar-refractivity contribution in [2.24, 2.45) is 5.41 Å². The largest absolute Gasteiger partial charge is 0.481 e. The van der Waals surface area contributed by atoms with Gasteiger partial charge < -0.3 is 5.11 Å². The standard InChI is InChI=1S/C14H16N2O4/c1-14(2,3)10(6-11(17)18)16-12(19)8-4-5-15-7-9(8)13(16)20/h4-5,7,10H,6H2,1-3H3,(H,17,18). The van der Waals surface area contributed by atoms with Gasteiger partial charge in [-0.15, -0.1) is 0 Å². The summed E-state index contributed by atoms with van der Waals surface area (Å²) in [4.78, 5) is 40.6. The highest BCUT2D eigenvalue weighted by Crippen LogP contribution is 2.33. The summed E-state index contributed by atoms with van der Waals surface area (Å²) in [5.41, 5.74) is -0.0131. The normalized spacial score (nSPS) is 16.2. The van der Waals surface area contributed by atoms with Gasteiger partial charge in [0.25, 0.3) is 11.8 Å². The number of amides is 2. The molecule has 20 heavy (non-hydrogen) atoms. The Kier molecular flexibility index (Phi) is 3.33. The molecule has 1 aromatic rings. The molecule has 1 N–H and O–H groups in total. The molecule has 1 aromatic heterocycles. The van der Waals surface area contributed by atoms with Gasteiger partial charge in [0.05, 0.1) is 23.6 Å². The Balaban J connectivity index is 2.45. The van der Waals surface area contributed by atoms with Gasteiger partial charge in [-0.2, -0.15) is 0 Å². The summed E-state index contributed by atoms with van der Waals surface area (Å²) < 4.78 is 0. The van der Waals surface area contributed by atoms with Gasteiger partial charge in [-0.1, -0.05) is 20.8 Å². The van der Waals surface area contributed by atoms with E-state index in [-0.39, 0.29) is 17.5 Å². The zero-order chi connectivity index (χ0) is 15.1. The molecule has 0 spiro atoms. The molecule has 0 fully saturated rings. The van der Waals surface area contributed by atoms with E-state index in [0.29, 0.717) is 0 Å². The first-order valence-corrected chi connectivity index (χ1v) is 6.27. The van der Waals surface area contributed by atoms with E-state index in [1.54, 1.807) is 0 Å². The van der Waals surface area contributed by atoms with Crippen molar-refractivity contribution in [3.8, 4) is 0 Å². The maximum atomic E-state index is 12.4. The first kappa shape index (κ1) is 14.2. The van der Waals surface area contributed by atoms with Crippen molar-refractivity contribution in [3.63, 3.8) is 0 Å². The van der Waals surface area contributed by atoms with Crippen molar-refractivity contribution in [1.29, 1.82) is 0 Å². The number of carbonyl (C=O) groups excluding carboxylic acids is 2. The number of fused-ring (bicyclic) bond motifs is 1. The monoisotopic (exact) mass is 276 g/mol. The molecule has 6 heteroatoms. The number of aromatic nitrogens is 1. The average Bonchev–Trinajstić information content (AvgIpc) is 2.59. The maximum Gasteiger partial charge on any atom is 0.305 e. The molecule has 1 aliphatic rings. The van der Waals surface area contributed by atoms with Crippen LogP contribution in [-0.4, -0.2) is 38.8 Å². The molecule has 1 unspecified atom stereocenters. The minimum Gasteiger partial charge on any atom is -0.481 e. The van der Waals surface area contributed by atoms with E-state index < -0.39 is 29.2 Å². The van der Waals surface area contributed by atoms with Crippen molar-refractivity contribution in [3.05, 3.63) is 29.6 Å². The Bertz CT molecular complexity index is 554. The number of nitrogens with zero attached hydrogens (tertiary/aromatic N) is 2. The average molecular weight is 276 g/mol. The number of pyridine rings is 1. The van der Waals surface area contributed by atoms with Crippen LogP contribution in [0.15, 0.2) is 18.5 Å². The molecule has 0 saturated carbocycles. The fourth-order valence-electron chi connectivity index (χ4n) is 2.34. The molecule has 1 atom stereocenters. The molecule has 6 nitrogen and oxygen atoms in total. The van der Waals surface area contributed by atoms with Gasteiger partial charge in [0.1, 0.15) is 0 Å². The Hall–Kier alpha value is -2.24. The van der Waals surface area contributed by atoms with Crippen LogP contribution in [0.25, 0.3) is 0 Å². The molecular formula is C14H16N2O4. The van der Waals surface area contributed by atoms with Crippen LogP contribution >= 0.6 is 0 Å². The Labute approximate surface area is 116 Å². The second-order valence-corrected chi connectivity index (χ2v) is 5.88. The second kappa shape index (κ2) is 4.70. The lowest BCUT2D eigenvalue weighted by molar-refractivity contribution is -0.138. The third-order valence-corrected chi connectivity index (χ3v) is 3.40. The van der Waals surface area contributed by atoms with Gasteiger partial charge in [0, 0.05) is 12.4 Å². The minimum atomic E-state index is -1.04. The van der Waals surface area contributed by atoms with Crippen LogP contribution in [0.5, 0.6) is 0 Å². The van der Waals surface area contributed by atoms with Crippen molar-refractivity contribution in [2.75, 3.05) is 0 Å². The zero-order valence-corrected chi connectivity index (χ0v) is 11.6. The van der Waals surface area contributed by atoms with Crippen LogP contribution in [-0.2, 0) is 4.79 Å². The molecule has 0 bridgehead atoms. The molecule has 2 amide bonds. The van der Waals surface area contributed by atoms with Crippen molar-refractivity contribution in [2.45, 2.75) is 33.2 Å². The molecule has 2 rings (SSSR count). The molecule has 106 valence electrons. The van der Waals surface area contributed by atoms with Crippen LogP contribution in [0, 0.1) is 5.41 Å². The summed E-state index contributed by atoms with van der Waals surface area (Å²) in [5, 5.41) is 9.04. The Morgan fingerprint density at radius 1 is 1.30 bits per heavy atom. The first-order valence-electron chi connectivity index (χ1n) is 6.27. The van der Waals surface area contributed by atoms with Crippen LogP contribution < -0.4 is 0 Å². The Morgan fingerprint density at radius 2 is 1.90 bits per heavy atom. The first-order chi connectivity index (χ1) is 9.23. The van der Waals surface area contributed by atoms with Gasteiger partial charge in [-0.25, -0.2) is 0 Å². The Morgan fingerprint density at radius 3 is 2.40 bits per heavy atom.